The van der Waals surface area contributed by atoms with Gasteiger partial charge in [0, 0.05) is 41.9 Å². The summed E-state index contributed by atoms with van der Waals surface area (Å²) < 4.78 is 13.9. The number of ether oxygens (including phenoxy) is 2. The van der Waals surface area contributed by atoms with Crippen LogP contribution in [0.25, 0.3) is 27.9 Å². The lowest BCUT2D eigenvalue weighted by Crippen LogP contribution is -2.46. The molecule has 1 spiro atoms. The minimum Gasteiger partial charge on any atom is -0.347 e. The van der Waals surface area contributed by atoms with E-state index in [1.165, 1.54) is 5.56 Å². The quantitative estimate of drug-likeness (QED) is 0.469. The zero-order valence-electron chi connectivity index (χ0n) is 17.2. The second-order valence-corrected chi connectivity index (χ2v) is 8.66. The van der Waals surface area contributed by atoms with E-state index in [0.29, 0.717) is 18.2 Å². The first-order valence-electron chi connectivity index (χ1n) is 10.6. The van der Waals surface area contributed by atoms with Gasteiger partial charge in [0.25, 0.3) is 0 Å². The molecule has 2 aliphatic rings. The topological polar surface area (TPSA) is 64.8 Å². The second kappa shape index (κ2) is 7.15. The molecule has 2 aromatic heterocycles. The van der Waals surface area contributed by atoms with Crippen molar-refractivity contribution >= 4 is 34.1 Å². The number of piperidine rings is 1. The van der Waals surface area contributed by atoms with Crippen LogP contribution in [-0.4, -0.2) is 51.7 Å². The van der Waals surface area contributed by atoms with Gasteiger partial charge >= 0.3 is 0 Å². The Balaban J connectivity index is 1.53. The van der Waals surface area contributed by atoms with Gasteiger partial charge in [-0.1, -0.05) is 35.4 Å². The first-order chi connectivity index (χ1) is 15.1. The first kappa shape index (κ1) is 19.0. The molecule has 2 fully saturated rings. The number of aryl methyl sites for hydroxylation is 1. The molecular weight excluding hydrogens is 414 g/mol. The number of halogens is 1. The van der Waals surface area contributed by atoms with Crippen LogP contribution in [0.5, 0.6) is 0 Å². The Morgan fingerprint density at radius 2 is 1.81 bits per heavy atom. The molecule has 0 N–H and O–H groups in total. The Morgan fingerprint density at radius 3 is 2.58 bits per heavy atom. The van der Waals surface area contributed by atoms with E-state index in [0.717, 1.165) is 59.8 Å². The predicted molar refractivity (Wildman–Crippen MR) is 120 cm³/mol. The van der Waals surface area contributed by atoms with Gasteiger partial charge in [0.1, 0.15) is 0 Å². The van der Waals surface area contributed by atoms with E-state index in [2.05, 4.69) is 44.6 Å². The summed E-state index contributed by atoms with van der Waals surface area (Å²) in [6.45, 7) is 4.97. The number of hydrogen-bond acceptors (Lipinski definition) is 6. The zero-order valence-corrected chi connectivity index (χ0v) is 18.0. The summed E-state index contributed by atoms with van der Waals surface area (Å²) in [5.74, 6) is 1.16. The smallest absolute Gasteiger partial charge is 0.213 e. The van der Waals surface area contributed by atoms with E-state index < -0.39 is 5.79 Å². The van der Waals surface area contributed by atoms with Crippen LogP contribution in [0.3, 0.4) is 0 Å². The van der Waals surface area contributed by atoms with Crippen molar-refractivity contribution in [3.05, 3.63) is 53.1 Å². The van der Waals surface area contributed by atoms with Crippen LogP contribution in [0.15, 0.2) is 42.5 Å². The summed E-state index contributed by atoms with van der Waals surface area (Å²) in [5, 5.41) is 10.7. The number of anilines is 1. The van der Waals surface area contributed by atoms with Gasteiger partial charge in [0.05, 0.1) is 18.7 Å². The fourth-order valence-corrected chi connectivity index (χ4v) is 4.77. The van der Waals surface area contributed by atoms with Gasteiger partial charge in [-0.15, -0.1) is 10.2 Å². The maximum Gasteiger partial charge on any atom is 0.213 e. The van der Waals surface area contributed by atoms with Crippen molar-refractivity contribution in [1.29, 1.82) is 0 Å². The van der Waals surface area contributed by atoms with E-state index in [1.807, 2.05) is 24.3 Å². The van der Waals surface area contributed by atoms with Crippen molar-refractivity contribution < 1.29 is 9.47 Å². The van der Waals surface area contributed by atoms with Crippen LogP contribution in [0, 0.1) is 6.92 Å². The third-order valence-corrected chi connectivity index (χ3v) is 6.42. The third kappa shape index (κ3) is 3.15. The normalized spacial score (nSPS) is 18.5. The zero-order chi connectivity index (χ0) is 21.0. The molecular formula is C23H22ClN5O2. The van der Waals surface area contributed by atoms with Gasteiger partial charge in [0.15, 0.2) is 17.3 Å². The van der Waals surface area contributed by atoms with Crippen LogP contribution >= 0.6 is 11.6 Å². The van der Waals surface area contributed by atoms with Crippen molar-refractivity contribution in [1.82, 2.24) is 19.6 Å². The summed E-state index contributed by atoms with van der Waals surface area (Å²) in [6, 6.07) is 14.0. The Kier molecular flexibility index (Phi) is 4.38. The lowest BCUT2D eigenvalue weighted by atomic mass is 10.0. The molecule has 0 aliphatic carbocycles. The standard InChI is InChI=1S/C23H22ClN5O2/c1-15-3-2-4-16(13-15)20-26-27-21-18-6-5-17(24)14-19(18)25-22(29(20)21)28-9-7-23(8-10-28)30-11-12-31-23/h2-6,13-14H,7-12H2,1H3. The van der Waals surface area contributed by atoms with Crippen molar-refractivity contribution in [3.63, 3.8) is 0 Å². The number of hydrogen-bond donors (Lipinski definition) is 0. The van der Waals surface area contributed by atoms with Gasteiger partial charge in [-0.05, 0) is 31.2 Å². The summed E-state index contributed by atoms with van der Waals surface area (Å²) in [6.07, 6.45) is 1.59. The molecule has 8 heteroatoms. The maximum absolute atomic E-state index is 6.28. The second-order valence-electron chi connectivity index (χ2n) is 8.22. The Labute approximate surface area is 184 Å². The monoisotopic (exact) mass is 435 g/mol. The number of fused-ring (bicyclic) bond motifs is 3. The molecule has 0 saturated carbocycles. The number of aromatic nitrogens is 4. The van der Waals surface area contributed by atoms with Gasteiger partial charge in [-0.2, -0.15) is 0 Å². The molecule has 0 unspecified atom stereocenters. The molecule has 4 aromatic rings. The van der Waals surface area contributed by atoms with E-state index in [4.69, 9.17) is 26.1 Å². The lowest BCUT2D eigenvalue weighted by molar-refractivity contribution is -0.169. The molecule has 7 nitrogen and oxygen atoms in total. The van der Waals surface area contributed by atoms with Gasteiger partial charge in [0.2, 0.25) is 5.95 Å². The van der Waals surface area contributed by atoms with Crippen LogP contribution in [0.2, 0.25) is 5.02 Å². The van der Waals surface area contributed by atoms with Crippen LogP contribution in [0.4, 0.5) is 5.95 Å². The number of nitrogens with zero attached hydrogens (tertiary/aromatic N) is 5. The Morgan fingerprint density at radius 1 is 1.00 bits per heavy atom. The van der Waals surface area contributed by atoms with Crippen LogP contribution in [0.1, 0.15) is 18.4 Å². The number of rotatable bonds is 2. The predicted octanol–water partition coefficient (Wildman–Crippen LogP) is 4.25. The molecule has 158 valence electrons. The van der Waals surface area contributed by atoms with Crippen molar-refractivity contribution in [3.8, 4) is 11.4 Å². The summed E-state index contributed by atoms with van der Waals surface area (Å²) in [7, 11) is 0. The maximum atomic E-state index is 6.28. The van der Waals surface area contributed by atoms with E-state index in [1.54, 1.807) is 0 Å². The van der Waals surface area contributed by atoms with Crippen molar-refractivity contribution in [2.45, 2.75) is 25.6 Å². The molecule has 2 aliphatic heterocycles. The largest absolute Gasteiger partial charge is 0.347 e. The fraction of sp³-hybridized carbons (Fsp3) is 0.348. The Bertz CT molecular complexity index is 1290. The minimum atomic E-state index is -0.442. The van der Waals surface area contributed by atoms with E-state index >= 15 is 0 Å². The molecule has 2 aromatic carbocycles. The molecule has 2 saturated heterocycles. The highest BCUT2D eigenvalue weighted by molar-refractivity contribution is 6.31. The summed E-state index contributed by atoms with van der Waals surface area (Å²) in [4.78, 5) is 7.30. The molecule has 6 rings (SSSR count). The van der Waals surface area contributed by atoms with Crippen molar-refractivity contribution in [2.24, 2.45) is 0 Å². The SMILES string of the molecule is Cc1cccc(-c2nnc3c4ccc(Cl)cc4nc(N4CCC5(CC4)OCCO5)n23)c1. The van der Waals surface area contributed by atoms with Crippen molar-refractivity contribution in [2.75, 3.05) is 31.2 Å². The summed E-state index contributed by atoms with van der Waals surface area (Å²) in [5.41, 5.74) is 3.78. The van der Waals surface area contributed by atoms with E-state index in [9.17, 15) is 0 Å². The minimum absolute atomic E-state index is 0.442. The summed E-state index contributed by atoms with van der Waals surface area (Å²) >= 11 is 6.28. The van der Waals surface area contributed by atoms with Gasteiger partial charge < -0.3 is 14.4 Å². The average Bonchev–Trinajstić information content (AvgIpc) is 3.41. The Hall–Kier alpha value is -2.74. The van der Waals surface area contributed by atoms with E-state index in [-0.39, 0.29) is 0 Å². The van der Waals surface area contributed by atoms with Gasteiger partial charge in [-0.3, -0.25) is 0 Å². The molecule has 0 amide bonds. The highest BCUT2D eigenvalue weighted by Crippen LogP contribution is 2.35. The average molecular weight is 436 g/mol. The first-order valence-corrected chi connectivity index (χ1v) is 10.9. The van der Waals surface area contributed by atoms with Gasteiger partial charge in [-0.25, -0.2) is 9.38 Å². The lowest BCUT2D eigenvalue weighted by Gasteiger charge is -2.38. The number of benzene rings is 2. The van der Waals surface area contributed by atoms with Crippen LogP contribution < -0.4 is 4.90 Å². The molecule has 0 atom stereocenters. The highest BCUT2D eigenvalue weighted by Gasteiger charge is 2.40. The molecule has 4 heterocycles. The molecule has 0 radical (unpaired) electrons. The highest BCUT2D eigenvalue weighted by atomic mass is 35.5. The van der Waals surface area contributed by atoms with Crippen LogP contribution in [-0.2, 0) is 9.47 Å². The third-order valence-electron chi connectivity index (χ3n) is 6.18. The fourth-order valence-electron chi connectivity index (χ4n) is 4.61. The molecule has 0 bridgehead atoms. The molecule has 31 heavy (non-hydrogen) atoms.